The van der Waals surface area contributed by atoms with Crippen LogP contribution in [-0.2, 0) is 11.8 Å². The summed E-state index contributed by atoms with van der Waals surface area (Å²) in [5.41, 5.74) is 3.61. The minimum Gasteiger partial charge on any atom is -0.523 e. The number of fused-ring (bicyclic) bond motifs is 4. The first-order valence-electron chi connectivity index (χ1n) is 12.2. The molecule has 0 spiro atoms. The van der Waals surface area contributed by atoms with Crippen LogP contribution in [0.5, 0.6) is 0 Å². The predicted octanol–water partition coefficient (Wildman–Crippen LogP) is 7.05. The van der Waals surface area contributed by atoms with Crippen LogP contribution < -0.4 is 0 Å². The monoisotopic (exact) mass is 476 g/mol. The average Bonchev–Trinajstić information content (AvgIpc) is 2.90. The maximum atomic E-state index is 15.1. The lowest BCUT2D eigenvalue weighted by molar-refractivity contribution is 0.135. The molecule has 2 aromatic carbocycles. The summed E-state index contributed by atoms with van der Waals surface area (Å²) in [6, 6.07) is 14.6. The lowest BCUT2D eigenvalue weighted by Crippen LogP contribution is -2.45. The summed E-state index contributed by atoms with van der Waals surface area (Å²) < 4.78 is 15.1. The number of halogens is 1. The third-order valence-electron chi connectivity index (χ3n) is 8.12. The van der Waals surface area contributed by atoms with Gasteiger partial charge >= 0.3 is 0 Å². The number of pyridine rings is 1. The minimum atomic E-state index is -0.483. The maximum Gasteiger partial charge on any atom is 0.203 e. The molecule has 0 bridgehead atoms. The summed E-state index contributed by atoms with van der Waals surface area (Å²) >= 11 is 0. The summed E-state index contributed by atoms with van der Waals surface area (Å²) in [7, 11) is 0. The van der Waals surface area contributed by atoms with Crippen LogP contribution in [0.4, 0.5) is 4.39 Å². The first-order chi connectivity index (χ1) is 17.4. The first-order valence-corrected chi connectivity index (χ1v) is 12.2. The van der Waals surface area contributed by atoms with E-state index in [1.54, 1.807) is 18.3 Å². The van der Waals surface area contributed by atoms with E-state index in [0.29, 0.717) is 35.6 Å². The zero-order valence-corrected chi connectivity index (χ0v) is 20.2. The molecule has 178 valence electrons. The number of aromatic nitrogens is 3. The van der Waals surface area contributed by atoms with Crippen LogP contribution >= 0.6 is 0 Å². The van der Waals surface area contributed by atoms with Crippen LogP contribution in [0.25, 0.3) is 38.3 Å². The van der Waals surface area contributed by atoms with Crippen LogP contribution in [0.1, 0.15) is 37.9 Å². The molecule has 0 saturated carbocycles. The predicted molar refractivity (Wildman–Crippen MR) is 137 cm³/mol. The SMILES string of the molecule is [C-]#[N+]C1=C(O)[C@H](C)[C@H]2CCc3c(-c4ccccc4F)nc(-c4cccc5cnccc45)nc3[C@]2(C)C1. The van der Waals surface area contributed by atoms with Crippen molar-refractivity contribution >= 4 is 10.8 Å². The van der Waals surface area contributed by atoms with Gasteiger partial charge in [-0.25, -0.2) is 19.2 Å². The molecule has 6 rings (SSSR count). The number of aliphatic hydroxyl groups excluding tert-OH is 1. The molecule has 0 saturated heterocycles. The quantitative estimate of drug-likeness (QED) is 0.315. The third-order valence-corrected chi connectivity index (χ3v) is 8.12. The summed E-state index contributed by atoms with van der Waals surface area (Å²) in [4.78, 5) is 18.1. The van der Waals surface area contributed by atoms with Crippen LogP contribution in [0.15, 0.2) is 72.4 Å². The van der Waals surface area contributed by atoms with E-state index in [2.05, 4.69) is 16.8 Å². The van der Waals surface area contributed by atoms with Crippen molar-refractivity contribution in [2.45, 2.75) is 38.5 Å². The Kier molecular flexibility index (Phi) is 5.11. The summed E-state index contributed by atoms with van der Waals surface area (Å²) in [6.07, 6.45) is 5.45. The molecule has 2 aliphatic rings. The van der Waals surface area contributed by atoms with E-state index >= 15 is 4.39 Å². The van der Waals surface area contributed by atoms with E-state index in [0.717, 1.165) is 34.0 Å². The second-order valence-electron chi connectivity index (χ2n) is 10.1. The molecule has 6 heteroatoms. The molecule has 0 radical (unpaired) electrons. The molecule has 3 atom stereocenters. The van der Waals surface area contributed by atoms with Gasteiger partial charge in [-0.15, -0.1) is 0 Å². The fourth-order valence-electron chi connectivity index (χ4n) is 6.31. The third kappa shape index (κ3) is 3.23. The highest BCUT2D eigenvalue weighted by molar-refractivity contribution is 5.94. The topological polar surface area (TPSA) is 63.3 Å². The lowest BCUT2D eigenvalue weighted by atomic mass is 9.57. The number of nitrogens with zero attached hydrogens (tertiary/aromatic N) is 4. The highest BCUT2D eigenvalue weighted by Crippen LogP contribution is 2.54. The zero-order valence-electron chi connectivity index (χ0n) is 20.2. The van der Waals surface area contributed by atoms with Crippen molar-refractivity contribution in [2.75, 3.05) is 0 Å². The molecule has 2 aliphatic carbocycles. The Morgan fingerprint density at radius 2 is 1.89 bits per heavy atom. The molecule has 36 heavy (non-hydrogen) atoms. The van der Waals surface area contributed by atoms with Gasteiger partial charge in [0.15, 0.2) is 5.82 Å². The van der Waals surface area contributed by atoms with E-state index < -0.39 is 5.41 Å². The Morgan fingerprint density at radius 1 is 1.08 bits per heavy atom. The van der Waals surface area contributed by atoms with Crippen molar-refractivity contribution in [3.63, 3.8) is 0 Å². The first kappa shape index (κ1) is 22.4. The van der Waals surface area contributed by atoms with Crippen molar-refractivity contribution in [1.29, 1.82) is 0 Å². The average molecular weight is 477 g/mol. The molecule has 4 aromatic rings. The fourth-order valence-corrected chi connectivity index (χ4v) is 6.31. The van der Waals surface area contributed by atoms with Gasteiger partial charge in [0.25, 0.3) is 0 Å². The smallest absolute Gasteiger partial charge is 0.203 e. The van der Waals surface area contributed by atoms with Gasteiger partial charge in [0.1, 0.15) is 5.82 Å². The maximum absolute atomic E-state index is 15.1. The Labute approximate surface area is 209 Å². The highest BCUT2D eigenvalue weighted by atomic mass is 19.1. The largest absolute Gasteiger partial charge is 0.523 e. The van der Waals surface area contributed by atoms with E-state index in [4.69, 9.17) is 16.5 Å². The molecule has 2 heterocycles. The van der Waals surface area contributed by atoms with Gasteiger partial charge in [-0.2, -0.15) is 0 Å². The Hall–Kier alpha value is -4.11. The molecule has 5 nitrogen and oxygen atoms in total. The second kappa shape index (κ2) is 8.23. The van der Waals surface area contributed by atoms with Crippen molar-refractivity contribution < 1.29 is 9.50 Å². The second-order valence-corrected chi connectivity index (χ2v) is 10.1. The molecule has 0 aliphatic heterocycles. The van der Waals surface area contributed by atoms with Gasteiger partial charge in [0, 0.05) is 45.8 Å². The number of aliphatic hydroxyl groups is 1. The molecule has 2 aromatic heterocycles. The van der Waals surface area contributed by atoms with Gasteiger partial charge in [-0.05, 0) is 48.8 Å². The van der Waals surface area contributed by atoms with Gasteiger partial charge in [-0.3, -0.25) is 4.98 Å². The zero-order chi connectivity index (χ0) is 25.0. The van der Waals surface area contributed by atoms with Crippen molar-refractivity contribution in [3.8, 4) is 22.6 Å². The highest BCUT2D eigenvalue weighted by Gasteiger charge is 2.50. The molecular weight excluding hydrogens is 451 g/mol. The lowest BCUT2D eigenvalue weighted by Gasteiger charge is -2.48. The molecule has 0 amide bonds. The normalized spacial score (nSPS) is 23.2. The van der Waals surface area contributed by atoms with Crippen molar-refractivity contribution in [2.24, 2.45) is 11.8 Å². The number of benzene rings is 2. The Bertz CT molecular complexity index is 1600. The molecule has 0 unspecified atom stereocenters. The van der Waals surface area contributed by atoms with Crippen molar-refractivity contribution in [1.82, 2.24) is 15.0 Å². The van der Waals surface area contributed by atoms with Crippen LogP contribution in [0.2, 0.25) is 0 Å². The molecule has 1 N–H and O–H groups in total. The van der Waals surface area contributed by atoms with Crippen molar-refractivity contribution in [3.05, 3.63) is 101 Å². The summed E-state index contributed by atoms with van der Waals surface area (Å²) in [6.45, 7) is 11.8. The number of hydrogen-bond acceptors (Lipinski definition) is 4. The van der Waals surface area contributed by atoms with Crippen LogP contribution in [0, 0.1) is 24.2 Å². The molecular formula is C30H25FN4O. The number of allylic oxidation sites excluding steroid dienone is 2. The van der Waals surface area contributed by atoms with Gasteiger partial charge in [-0.1, -0.05) is 44.2 Å². The summed E-state index contributed by atoms with van der Waals surface area (Å²) in [5.74, 6) is 0.362. The van der Waals surface area contributed by atoms with Gasteiger partial charge < -0.3 is 5.11 Å². The molecule has 0 fully saturated rings. The van der Waals surface area contributed by atoms with E-state index in [1.165, 1.54) is 6.07 Å². The summed E-state index contributed by atoms with van der Waals surface area (Å²) in [5, 5.41) is 12.7. The standard InChI is InChI=1S/C30H25FN4O/c1-17-23-12-11-22-26(21-8-4-5-10-24(21)31)34-29(20-9-6-7-18-16-33-14-13-19(18)20)35-28(22)30(23,2)15-25(32-3)27(17)36/h4-10,13-14,16-17,23,36H,11-12,15H2,1-2H3/t17-,23-,30-/m1/s1. The number of rotatable bonds is 2. The fraction of sp³-hybridized carbons (Fsp3) is 0.267. The minimum absolute atomic E-state index is 0.114. The number of hydrogen-bond donors (Lipinski definition) is 1. The van der Waals surface area contributed by atoms with E-state index in [9.17, 15) is 5.11 Å². The van der Waals surface area contributed by atoms with Gasteiger partial charge in [0.05, 0.1) is 23.7 Å². The van der Waals surface area contributed by atoms with E-state index in [-0.39, 0.29) is 23.4 Å². The van der Waals surface area contributed by atoms with Crippen LogP contribution in [-0.4, -0.2) is 20.1 Å². The van der Waals surface area contributed by atoms with Gasteiger partial charge in [0.2, 0.25) is 5.70 Å². The van der Waals surface area contributed by atoms with Crippen LogP contribution in [0.3, 0.4) is 0 Å². The van der Waals surface area contributed by atoms with E-state index in [1.807, 2.05) is 43.5 Å². The Morgan fingerprint density at radius 3 is 2.69 bits per heavy atom. The Balaban J connectivity index is 1.67.